The van der Waals surface area contributed by atoms with Gasteiger partial charge >= 0.3 is 0 Å². The van der Waals surface area contributed by atoms with Crippen LogP contribution in [0.25, 0.3) is 0 Å². The van der Waals surface area contributed by atoms with Crippen molar-refractivity contribution in [3.63, 3.8) is 0 Å². The number of piperidine rings is 1. The first-order valence-corrected chi connectivity index (χ1v) is 9.14. The van der Waals surface area contributed by atoms with E-state index in [0.717, 1.165) is 5.56 Å². The van der Waals surface area contributed by atoms with Gasteiger partial charge in [0.25, 0.3) is 11.8 Å². The second-order valence-electron chi connectivity index (χ2n) is 6.99. The molecule has 27 heavy (non-hydrogen) atoms. The number of nitrogens with one attached hydrogen (secondary N) is 1. The lowest BCUT2D eigenvalue weighted by molar-refractivity contribution is -0.134. The predicted octanol–water partition coefficient (Wildman–Crippen LogP) is 2.40. The SMILES string of the molecule is Cc1cc(C(=O)NC2CCN(C(=O)COc3ccc(C)c(C)c3)CC2)no1. The van der Waals surface area contributed by atoms with Crippen molar-refractivity contribution < 1.29 is 18.8 Å². The van der Waals surface area contributed by atoms with E-state index in [2.05, 4.69) is 10.5 Å². The number of hydrogen-bond acceptors (Lipinski definition) is 5. The van der Waals surface area contributed by atoms with Gasteiger partial charge in [-0.25, -0.2) is 0 Å². The number of carbonyl (C=O) groups excluding carboxylic acids is 2. The molecule has 0 saturated carbocycles. The molecule has 1 aliphatic heterocycles. The largest absolute Gasteiger partial charge is 0.484 e. The van der Waals surface area contributed by atoms with E-state index in [1.807, 2.05) is 32.0 Å². The number of carbonyl (C=O) groups is 2. The first kappa shape index (κ1) is 18.9. The third-order valence-electron chi connectivity index (χ3n) is 4.88. The first-order chi connectivity index (χ1) is 12.9. The van der Waals surface area contributed by atoms with E-state index in [1.54, 1.807) is 17.9 Å². The van der Waals surface area contributed by atoms with Gasteiger partial charge in [-0.3, -0.25) is 9.59 Å². The Bertz CT molecular complexity index is 822. The molecule has 0 spiro atoms. The van der Waals surface area contributed by atoms with Gasteiger partial charge in [0, 0.05) is 25.2 Å². The number of nitrogens with zero attached hydrogens (tertiary/aromatic N) is 2. The highest BCUT2D eigenvalue weighted by atomic mass is 16.5. The molecular formula is C20H25N3O4. The van der Waals surface area contributed by atoms with Crippen LogP contribution in [-0.2, 0) is 4.79 Å². The number of aryl methyl sites for hydroxylation is 3. The highest BCUT2D eigenvalue weighted by Gasteiger charge is 2.25. The van der Waals surface area contributed by atoms with Gasteiger partial charge in [0.2, 0.25) is 0 Å². The molecule has 7 heteroatoms. The van der Waals surface area contributed by atoms with Gasteiger partial charge in [-0.05, 0) is 56.9 Å². The number of benzene rings is 1. The van der Waals surface area contributed by atoms with E-state index in [9.17, 15) is 9.59 Å². The van der Waals surface area contributed by atoms with Crippen molar-refractivity contribution >= 4 is 11.8 Å². The van der Waals surface area contributed by atoms with E-state index in [-0.39, 0.29) is 30.2 Å². The summed E-state index contributed by atoms with van der Waals surface area (Å²) in [4.78, 5) is 26.3. The van der Waals surface area contributed by atoms with Crippen LogP contribution in [0.2, 0.25) is 0 Å². The fourth-order valence-corrected chi connectivity index (χ4v) is 3.05. The van der Waals surface area contributed by atoms with Crippen molar-refractivity contribution in [3.05, 3.63) is 46.8 Å². The van der Waals surface area contributed by atoms with Crippen molar-refractivity contribution in [1.29, 1.82) is 0 Å². The Balaban J connectivity index is 1.43. The van der Waals surface area contributed by atoms with E-state index in [4.69, 9.17) is 9.26 Å². The molecule has 2 amide bonds. The van der Waals surface area contributed by atoms with Crippen molar-refractivity contribution in [2.75, 3.05) is 19.7 Å². The molecule has 144 valence electrons. The summed E-state index contributed by atoms with van der Waals surface area (Å²) in [5, 5.41) is 6.67. The smallest absolute Gasteiger partial charge is 0.273 e. The van der Waals surface area contributed by atoms with Crippen LogP contribution in [-0.4, -0.2) is 47.6 Å². The van der Waals surface area contributed by atoms with E-state index in [1.165, 1.54) is 5.56 Å². The maximum Gasteiger partial charge on any atom is 0.273 e. The topological polar surface area (TPSA) is 84.7 Å². The lowest BCUT2D eigenvalue weighted by Gasteiger charge is -2.32. The molecule has 0 aliphatic carbocycles. The zero-order chi connectivity index (χ0) is 19.4. The maximum absolute atomic E-state index is 12.4. The fourth-order valence-electron chi connectivity index (χ4n) is 3.05. The third-order valence-corrected chi connectivity index (χ3v) is 4.88. The van der Waals surface area contributed by atoms with Gasteiger partial charge in [0.1, 0.15) is 11.5 Å². The lowest BCUT2D eigenvalue weighted by atomic mass is 10.0. The summed E-state index contributed by atoms with van der Waals surface area (Å²) in [7, 11) is 0. The zero-order valence-electron chi connectivity index (χ0n) is 15.9. The highest BCUT2D eigenvalue weighted by molar-refractivity contribution is 5.92. The minimum absolute atomic E-state index is 0.0255. The molecule has 1 N–H and O–H groups in total. The Morgan fingerprint density at radius 1 is 1.19 bits per heavy atom. The minimum Gasteiger partial charge on any atom is -0.484 e. The maximum atomic E-state index is 12.4. The second kappa shape index (κ2) is 8.24. The first-order valence-electron chi connectivity index (χ1n) is 9.14. The summed E-state index contributed by atoms with van der Waals surface area (Å²) in [5.41, 5.74) is 2.62. The molecular weight excluding hydrogens is 346 g/mol. The molecule has 1 fully saturated rings. The molecule has 2 aromatic rings. The van der Waals surface area contributed by atoms with Crippen LogP contribution in [0.5, 0.6) is 5.75 Å². The average molecular weight is 371 g/mol. The standard InChI is InChI=1S/C20H25N3O4/c1-13-4-5-17(10-14(13)2)26-12-19(24)23-8-6-16(7-9-23)21-20(25)18-11-15(3)27-22-18/h4-5,10-11,16H,6-9,12H2,1-3H3,(H,21,25). The summed E-state index contributed by atoms with van der Waals surface area (Å²) in [6.45, 7) is 7.02. The van der Waals surface area contributed by atoms with Crippen LogP contribution in [0.1, 0.15) is 40.2 Å². The molecule has 0 unspecified atom stereocenters. The van der Waals surface area contributed by atoms with Crippen molar-refractivity contribution in [1.82, 2.24) is 15.4 Å². The van der Waals surface area contributed by atoms with Crippen LogP contribution >= 0.6 is 0 Å². The van der Waals surface area contributed by atoms with Gasteiger partial charge in [-0.2, -0.15) is 0 Å². The van der Waals surface area contributed by atoms with Gasteiger partial charge < -0.3 is 19.5 Å². The normalized spacial score (nSPS) is 14.9. The molecule has 1 aromatic heterocycles. The number of ether oxygens (including phenoxy) is 1. The average Bonchev–Trinajstić information content (AvgIpc) is 3.09. The molecule has 0 bridgehead atoms. The summed E-state index contributed by atoms with van der Waals surface area (Å²) in [6.07, 6.45) is 1.41. The summed E-state index contributed by atoms with van der Waals surface area (Å²) in [5.74, 6) is 1.03. The van der Waals surface area contributed by atoms with E-state index >= 15 is 0 Å². The van der Waals surface area contributed by atoms with Crippen LogP contribution in [0.4, 0.5) is 0 Å². The Morgan fingerprint density at radius 3 is 2.56 bits per heavy atom. The van der Waals surface area contributed by atoms with Crippen molar-refractivity contribution in [2.45, 2.75) is 39.7 Å². The van der Waals surface area contributed by atoms with E-state index in [0.29, 0.717) is 37.4 Å². The second-order valence-corrected chi connectivity index (χ2v) is 6.99. The summed E-state index contributed by atoms with van der Waals surface area (Å²) < 4.78 is 10.6. The molecule has 1 aromatic carbocycles. The number of likely N-dealkylation sites (tertiary alicyclic amines) is 1. The fraction of sp³-hybridized carbons (Fsp3) is 0.450. The van der Waals surface area contributed by atoms with Crippen LogP contribution < -0.4 is 10.1 Å². The molecule has 1 aliphatic rings. The Hall–Kier alpha value is -2.83. The van der Waals surface area contributed by atoms with Crippen LogP contribution in [0.3, 0.4) is 0 Å². The third kappa shape index (κ3) is 4.87. The van der Waals surface area contributed by atoms with Gasteiger partial charge in [-0.1, -0.05) is 11.2 Å². The van der Waals surface area contributed by atoms with E-state index < -0.39 is 0 Å². The number of amides is 2. The van der Waals surface area contributed by atoms with Crippen LogP contribution in [0.15, 0.2) is 28.8 Å². The molecule has 0 radical (unpaired) electrons. The lowest BCUT2D eigenvalue weighted by Crippen LogP contribution is -2.47. The number of rotatable bonds is 5. The highest BCUT2D eigenvalue weighted by Crippen LogP contribution is 2.17. The van der Waals surface area contributed by atoms with Gasteiger partial charge in [0.05, 0.1) is 0 Å². The monoisotopic (exact) mass is 371 g/mol. The zero-order valence-corrected chi connectivity index (χ0v) is 15.9. The molecule has 2 heterocycles. The van der Waals surface area contributed by atoms with Gasteiger partial charge in [0.15, 0.2) is 12.3 Å². The van der Waals surface area contributed by atoms with Crippen LogP contribution in [0, 0.1) is 20.8 Å². The van der Waals surface area contributed by atoms with Gasteiger partial charge in [-0.15, -0.1) is 0 Å². The minimum atomic E-state index is -0.241. The molecule has 7 nitrogen and oxygen atoms in total. The molecule has 3 rings (SSSR count). The Kier molecular flexibility index (Phi) is 5.78. The molecule has 1 saturated heterocycles. The molecule has 0 atom stereocenters. The summed E-state index contributed by atoms with van der Waals surface area (Å²) >= 11 is 0. The van der Waals surface area contributed by atoms with Crippen molar-refractivity contribution in [3.8, 4) is 5.75 Å². The quantitative estimate of drug-likeness (QED) is 0.872. The predicted molar refractivity (Wildman–Crippen MR) is 99.7 cm³/mol. The Labute approximate surface area is 158 Å². The number of hydrogen-bond donors (Lipinski definition) is 1. The Morgan fingerprint density at radius 2 is 1.93 bits per heavy atom. The number of aromatic nitrogens is 1. The van der Waals surface area contributed by atoms with Crippen molar-refractivity contribution in [2.24, 2.45) is 0 Å². The summed E-state index contributed by atoms with van der Waals surface area (Å²) in [6, 6.07) is 7.44.